The van der Waals surface area contributed by atoms with Gasteiger partial charge in [0.1, 0.15) is 19.3 Å². The van der Waals surface area contributed by atoms with Crippen molar-refractivity contribution >= 4 is 39.5 Å². The quantitative estimate of drug-likeness (QED) is 0.0222. The van der Waals surface area contributed by atoms with Gasteiger partial charge in [0.05, 0.1) is 26.4 Å². The highest BCUT2D eigenvalue weighted by molar-refractivity contribution is 7.47. The van der Waals surface area contributed by atoms with E-state index in [1.54, 1.807) is 0 Å². The third-order valence-corrected chi connectivity index (χ3v) is 17.0. The summed E-state index contributed by atoms with van der Waals surface area (Å²) in [4.78, 5) is 72.1. The van der Waals surface area contributed by atoms with Crippen LogP contribution in [0, 0.1) is 11.8 Å². The lowest BCUT2D eigenvalue weighted by molar-refractivity contribution is -0.161. The molecule has 0 rings (SSSR count). The van der Waals surface area contributed by atoms with Crippen LogP contribution in [0.15, 0.2) is 0 Å². The standard InChI is InChI=1S/C64H124O17P2/c1-7-10-12-14-16-17-18-19-20-24-28-35-41-47-62(67)75-53-59(80-63(68)48-42-36-29-25-22-21-23-27-32-38-44-56(4)5)54-78-82(70,71)76-50-58(65)51-77-83(72,73)79-55-60(52-74-61(66)46-40-34-26-15-13-11-8-2)81-64(69)49-43-37-31-30-33-39-45-57(6)9-3/h56-60,65H,7-55H2,1-6H3,(H,70,71)(H,72,73)/t57?,58-,59-,60-/m1/s1. The Bertz CT molecular complexity index is 1630. The zero-order valence-corrected chi connectivity index (χ0v) is 55.3. The van der Waals surface area contributed by atoms with Gasteiger partial charge >= 0.3 is 39.5 Å². The van der Waals surface area contributed by atoms with Gasteiger partial charge < -0.3 is 33.8 Å². The van der Waals surface area contributed by atoms with Gasteiger partial charge in [0, 0.05) is 25.7 Å². The van der Waals surface area contributed by atoms with E-state index in [1.165, 1.54) is 122 Å². The topological polar surface area (TPSA) is 237 Å². The van der Waals surface area contributed by atoms with Gasteiger partial charge in [-0.2, -0.15) is 0 Å². The van der Waals surface area contributed by atoms with Crippen LogP contribution in [0.4, 0.5) is 0 Å². The third-order valence-electron chi connectivity index (χ3n) is 15.1. The van der Waals surface area contributed by atoms with Crippen LogP contribution in [-0.2, 0) is 65.4 Å². The number of carbonyl (C=O) groups is 4. The molecule has 3 unspecified atom stereocenters. The van der Waals surface area contributed by atoms with Crippen LogP contribution >= 0.6 is 15.6 Å². The number of aliphatic hydroxyl groups is 1. The average Bonchev–Trinajstić information content (AvgIpc) is 3.46. The Kier molecular flexibility index (Phi) is 55.2. The summed E-state index contributed by atoms with van der Waals surface area (Å²) >= 11 is 0. The second-order valence-corrected chi connectivity index (χ2v) is 26.8. The Morgan fingerprint density at radius 2 is 0.614 bits per heavy atom. The first-order valence-corrected chi connectivity index (χ1v) is 36.5. The molecule has 0 aromatic rings. The summed E-state index contributed by atoms with van der Waals surface area (Å²) in [6.45, 7) is 9.40. The van der Waals surface area contributed by atoms with Gasteiger partial charge in [0.2, 0.25) is 0 Å². The van der Waals surface area contributed by atoms with Crippen molar-refractivity contribution in [1.82, 2.24) is 0 Å². The first-order valence-electron chi connectivity index (χ1n) is 33.5. The molecule has 0 aromatic carbocycles. The summed E-state index contributed by atoms with van der Waals surface area (Å²) in [5.74, 6) is -0.667. The summed E-state index contributed by atoms with van der Waals surface area (Å²) in [6, 6.07) is 0. The van der Waals surface area contributed by atoms with Crippen LogP contribution in [0.3, 0.4) is 0 Å². The molecule has 0 heterocycles. The second-order valence-electron chi connectivity index (χ2n) is 23.9. The number of phosphoric acid groups is 2. The van der Waals surface area contributed by atoms with Gasteiger partial charge in [-0.1, -0.05) is 266 Å². The molecular formula is C64H124O17P2. The highest BCUT2D eigenvalue weighted by atomic mass is 31.2. The molecule has 0 aliphatic heterocycles. The van der Waals surface area contributed by atoms with Crippen molar-refractivity contribution in [3.8, 4) is 0 Å². The molecule has 0 aromatic heterocycles. The fourth-order valence-corrected chi connectivity index (χ4v) is 11.1. The predicted octanol–water partition coefficient (Wildman–Crippen LogP) is 17.7. The molecule has 0 aliphatic rings. The maximum absolute atomic E-state index is 13.0. The van der Waals surface area contributed by atoms with Gasteiger partial charge in [-0.3, -0.25) is 37.3 Å². The Morgan fingerprint density at radius 1 is 0.349 bits per heavy atom. The fraction of sp³-hybridized carbons (Fsp3) is 0.938. The lowest BCUT2D eigenvalue weighted by atomic mass is 10.00. The summed E-state index contributed by atoms with van der Waals surface area (Å²) in [5, 5.41) is 10.5. The average molecular weight is 1230 g/mol. The summed E-state index contributed by atoms with van der Waals surface area (Å²) in [6.07, 6.45) is 39.0. The van der Waals surface area contributed by atoms with Crippen molar-refractivity contribution < 1.29 is 80.2 Å². The van der Waals surface area contributed by atoms with Crippen LogP contribution in [-0.4, -0.2) is 96.7 Å². The normalized spacial score (nSPS) is 14.6. The molecule has 83 heavy (non-hydrogen) atoms. The Hall–Kier alpha value is -1.94. The second kappa shape index (κ2) is 56.6. The van der Waals surface area contributed by atoms with E-state index in [0.29, 0.717) is 25.7 Å². The lowest BCUT2D eigenvalue weighted by Crippen LogP contribution is -2.30. The van der Waals surface area contributed by atoms with E-state index in [2.05, 4.69) is 41.5 Å². The molecule has 0 radical (unpaired) electrons. The van der Waals surface area contributed by atoms with Gasteiger partial charge in [0.25, 0.3) is 0 Å². The van der Waals surface area contributed by atoms with Gasteiger partial charge in [-0.15, -0.1) is 0 Å². The number of aliphatic hydroxyl groups excluding tert-OH is 1. The molecule has 0 bridgehead atoms. The minimum atomic E-state index is -4.94. The molecule has 0 saturated heterocycles. The van der Waals surface area contributed by atoms with E-state index >= 15 is 0 Å². The molecule has 0 saturated carbocycles. The van der Waals surface area contributed by atoms with Crippen molar-refractivity contribution in [2.45, 2.75) is 336 Å². The summed E-state index contributed by atoms with van der Waals surface area (Å²) in [7, 11) is -9.88. The number of carbonyl (C=O) groups excluding carboxylic acids is 4. The first kappa shape index (κ1) is 81.1. The van der Waals surface area contributed by atoms with Gasteiger partial charge in [-0.05, 0) is 37.5 Å². The molecule has 0 amide bonds. The molecule has 0 fully saturated rings. The first-order chi connectivity index (χ1) is 39.9. The maximum Gasteiger partial charge on any atom is 0.472 e. The largest absolute Gasteiger partial charge is 0.472 e. The molecule has 3 N–H and O–H groups in total. The van der Waals surface area contributed by atoms with E-state index in [4.69, 9.17) is 37.0 Å². The molecular weight excluding hydrogens is 1100 g/mol. The zero-order chi connectivity index (χ0) is 61.5. The van der Waals surface area contributed by atoms with Crippen molar-refractivity contribution in [1.29, 1.82) is 0 Å². The molecule has 0 spiro atoms. The number of esters is 4. The van der Waals surface area contributed by atoms with Crippen LogP contribution < -0.4 is 0 Å². The van der Waals surface area contributed by atoms with Crippen molar-refractivity contribution in [3.63, 3.8) is 0 Å². The van der Waals surface area contributed by atoms with E-state index in [1.807, 2.05) is 0 Å². The minimum Gasteiger partial charge on any atom is -0.462 e. The predicted molar refractivity (Wildman–Crippen MR) is 331 cm³/mol. The summed E-state index contributed by atoms with van der Waals surface area (Å²) < 4.78 is 67.9. The number of rotatable bonds is 63. The number of ether oxygens (including phenoxy) is 4. The van der Waals surface area contributed by atoms with Crippen molar-refractivity contribution in [3.05, 3.63) is 0 Å². The number of hydrogen-bond acceptors (Lipinski definition) is 15. The summed E-state index contributed by atoms with van der Waals surface area (Å²) in [5.41, 5.74) is 0. The van der Waals surface area contributed by atoms with Crippen molar-refractivity contribution in [2.24, 2.45) is 11.8 Å². The monoisotopic (exact) mass is 1230 g/mol. The molecule has 19 heteroatoms. The smallest absolute Gasteiger partial charge is 0.462 e. The van der Waals surface area contributed by atoms with Crippen LogP contribution in [0.1, 0.15) is 318 Å². The number of hydrogen-bond donors (Lipinski definition) is 3. The SMILES string of the molecule is CCCCCCCCCCCCCCCC(=O)OC[C@H](COP(=O)(O)OC[C@@H](O)COP(=O)(O)OC[C@@H](COC(=O)CCCCCCCCC)OC(=O)CCCCCCCCC(C)CC)OC(=O)CCCCCCCCCCCCC(C)C. The number of unbranched alkanes of at least 4 members (excludes halogenated alkanes) is 32. The Labute approximate surface area is 505 Å². The van der Waals surface area contributed by atoms with Crippen LogP contribution in [0.25, 0.3) is 0 Å². The Balaban J connectivity index is 5.22. The van der Waals surface area contributed by atoms with E-state index in [9.17, 15) is 43.2 Å². The molecule has 6 atom stereocenters. The molecule has 17 nitrogen and oxygen atoms in total. The third kappa shape index (κ3) is 57.6. The maximum atomic E-state index is 13.0. The zero-order valence-electron chi connectivity index (χ0n) is 53.5. The molecule has 492 valence electrons. The van der Waals surface area contributed by atoms with E-state index < -0.39 is 97.5 Å². The Morgan fingerprint density at radius 3 is 0.916 bits per heavy atom. The van der Waals surface area contributed by atoms with E-state index in [0.717, 1.165) is 115 Å². The van der Waals surface area contributed by atoms with Crippen molar-refractivity contribution in [2.75, 3.05) is 39.6 Å². The number of phosphoric ester groups is 2. The minimum absolute atomic E-state index is 0.102. The highest BCUT2D eigenvalue weighted by Crippen LogP contribution is 2.45. The van der Waals surface area contributed by atoms with E-state index in [-0.39, 0.29) is 25.7 Å². The van der Waals surface area contributed by atoms with Gasteiger partial charge in [-0.25, -0.2) is 9.13 Å². The lowest BCUT2D eigenvalue weighted by Gasteiger charge is -2.21. The highest BCUT2D eigenvalue weighted by Gasteiger charge is 2.30. The van der Waals surface area contributed by atoms with Crippen LogP contribution in [0.5, 0.6) is 0 Å². The van der Waals surface area contributed by atoms with Gasteiger partial charge in [0.15, 0.2) is 12.2 Å². The van der Waals surface area contributed by atoms with Crippen LogP contribution in [0.2, 0.25) is 0 Å². The molecule has 0 aliphatic carbocycles. The fourth-order valence-electron chi connectivity index (χ4n) is 9.50.